The number of benzene rings is 1. The Morgan fingerprint density at radius 1 is 1.35 bits per heavy atom. The number of aromatic hydroxyl groups is 1. The second-order valence-electron chi connectivity index (χ2n) is 4.97. The van der Waals surface area contributed by atoms with E-state index in [-0.39, 0.29) is 17.6 Å². The van der Waals surface area contributed by atoms with Gasteiger partial charge in [-0.15, -0.1) is 0 Å². The Balaban J connectivity index is 2.48. The second kappa shape index (κ2) is 5.36. The first kappa shape index (κ1) is 14.7. The highest BCUT2D eigenvalue weighted by molar-refractivity contribution is 5.76. The Labute approximate surface area is 115 Å². The van der Waals surface area contributed by atoms with Crippen LogP contribution < -0.4 is 0 Å². The molecule has 0 spiro atoms. The molecule has 1 saturated heterocycles. The van der Waals surface area contributed by atoms with Crippen LogP contribution in [0.3, 0.4) is 0 Å². The zero-order valence-corrected chi connectivity index (χ0v) is 11.4. The molecular weight excluding hydrogens is 270 g/mol. The predicted molar refractivity (Wildman–Crippen MR) is 66.3 cm³/mol. The smallest absolute Gasteiger partial charge is 0.335 e. The van der Waals surface area contributed by atoms with Gasteiger partial charge in [-0.1, -0.05) is 13.0 Å². The summed E-state index contributed by atoms with van der Waals surface area (Å²) in [5.74, 6) is -4.59. The van der Waals surface area contributed by atoms with Crippen LogP contribution >= 0.6 is 0 Å². The van der Waals surface area contributed by atoms with Crippen molar-refractivity contribution >= 4 is 5.97 Å². The second-order valence-corrected chi connectivity index (χ2v) is 4.97. The third-order valence-corrected chi connectivity index (χ3v) is 3.89. The molecule has 20 heavy (non-hydrogen) atoms. The predicted octanol–water partition coefficient (Wildman–Crippen LogP) is 2.35. The van der Waals surface area contributed by atoms with Gasteiger partial charge in [0.2, 0.25) is 5.82 Å². The number of carbonyl (C=O) groups is 1. The Hall–Kier alpha value is -1.69. The zero-order valence-electron chi connectivity index (χ0n) is 11.4. The molecule has 0 bridgehead atoms. The van der Waals surface area contributed by atoms with Crippen molar-refractivity contribution in [1.82, 2.24) is 0 Å². The van der Waals surface area contributed by atoms with Crippen molar-refractivity contribution in [2.45, 2.75) is 32.0 Å². The fourth-order valence-electron chi connectivity index (χ4n) is 2.60. The molecule has 2 rings (SSSR count). The topological polar surface area (TPSA) is 55.8 Å². The maximum atomic E-state index is 13.5. The van der Waals surface area contributed by atoms with E-state index in [0.717, 1.165) is 6.07 Å². The molecular formula is C14H16F2O4. The van der Waals surface area contributed by atoms with Crippen LogP contribution in [0.5, 0.6) is 5.75 Å². The molecule has 0 aliphatic carbocycles. The number of ether oxygens (including phenoxy) is 2. The van der Waals surface area contributed by atoms with Gasteiger partial charge in [-0.05, 0) is 18.9 Å². The van der Waals surface area contributed by atoms with Gasteiger partial charge in [0.15, 0.2) is 17.7 Å². The highest BCUT2D eigenvalue weighted by Crippen LogP contribution is 2.44. The molecule has 4 nitrogen and oxygen atoms in total. The molecule has 0 saturated carbocycles. The van der Waals surface area contributed by atoms with Gasteiger partial charge < -0.3 is 14.6 Å². The Kier molecular flexibility index (Phi) is 3.94. The largest absolute Gasteiger partial charge is 0.505 e. The SMILES string of the molecule is COC(=O)C1O[C@H](C)[C@@H](C)[C@H]1c1ccc(F)c(F)c1O. The molecule has 4 atom stereocenters. The lowest BCUT2D eigenvalue weighted by Crippen LogP contribution is -2.28. The lowest BCUT2D eigenvalue weighted by atomic mass is 9.82. The number of esters is 1. The maximum Gasteiger partial charge on any atom is 0.335 e. The normalized spacial score (nSPS) is 29.4. The third-order valence-electron chi connectivity index (χ3n) is 3.89. The molecule has 0 radical (unpaired) electrons. The summed E-state index contributed by atoms with van der Waals surface area (Å²) in [4.78, 5) is 11.8. The van der Waals surface area contributed by atoms with Crippen LogP contribution in [0.25, 0.3) is 0 Å². The first-order valence-electron chi connectivity index (χ1n) is 6.28. The van der Waals surface area contributed by atoms with E-state index < -0.39 is 35.4 Å². The van der Waals surface area contributed by atoms with Gasteiger partial charge in [0, 0.05) is 11.5 Å². The van der Waals surface area contributed by atoms with Crippen LogP contribution in [0.4, 0.5) is 8.78 Å². The van der Waals surface area contributed by atoms with E-state index in [4.69, 9.17) is 4.74 Å². The van der Waals surface area contributed by atoms with E-state index in [9.17, 15) is 18.7 Å². The molecule has 110 valence electrons. The summed E-state index contributed by atoms with van der Waals surface area (Å²) in [7, 11) is 1.22. The van der Waals surface area contributed by atoms with Gasteiger partial charge in [-0.3, -0.25) is 0 Å². The van der Waals surface area contributed by atoms with Crippen molar-refractivity contribution in [1.29, 1.82) is 0 Å². The number of hydrogen-bond acceptors (Lipinski definition) is 4. The van der Waals surface area contributed by atoms with Crippen molar-refractivity contribution in [3.63, 3.8) is 0 Å². The van der Waals surface area contributed by atoms with Gasteiger partial charge in [0.05, 0.1) is 13.2 Å². The summed E-state index contributed by atoms with van der Waals surface area (Å²) < 4.78 is 36.8. The van der Waals surface area contributed by atoms with E-state index in [0.29, 0.717) is 0 Å². The molecule has 1 heterocycles. The Morgan fingerprint density at radius 3 is 2.60 bits per heavy atom. The van der Waals surface area contributed by atoms with Crippen molar-refractivity contribution in [3.8, 4) is 5.75 Å². The molecule has 1 aromatic carbocycles. The van der Waals surface area contributed by atoms with E-state index in [1.165, 1.54) is 13.2 Å². The van der Waals surface area contributed by atoms with Gasteiger partial charge in [-0.25, -0.2) is 9.18 Å². The number of halogens is 2. The lowest BCUT2D eigenvalue weighted by Gasteiger charge is -2.21. The summed E-state index contributed by atoms with van der Waals surface area (Å²) in [5, 5.41) is 9.79. The number of methoxy groups -OCH3 is 1. The first-order chi connectivity index (χ1) is 9.38. The summed E-state index contributed by atoms with van der Waals surface area (Å²) >= 11 is 0. The lowest BCUT2D eigenvalue weighted by molar-refractivity contribution is -0.153. The molecule has 1 aliphatic heterocycles. The van der Waals surface area contributed by atoms with E-state index in [2.05, 4.69) is 4.74 Å². The number of phenols is 1. The van der Waals surface area contributed by atoms with Crippen LogP contribution in [0.2, 0.25) is 0 Å². The monoisotopic (exact) mass is 286 g/mol. The third kappa shape index (κ3) is 2.24. The number of phenolic OH excluding ortho intramolecular Hbond substituents is 1. The summed E-state index contributed by atoms with van der Waals surface area (Å²) in [6, 6.07) is 2.20. The molecule has 1 aliphatic rings. The number of carbonyl (C=O) groups excluding carboxylic acids is 1. The van der Waals surface area contributed by atoms with Gasteiger partial charge in [0.1, 0.15) is 0 Å². The minimum atomic E-state index is -1.32. The van der Waals surface area contributed by atoms with Crippen LogP contribution in [-0.2, 0) is 14.3 Å². The van der Waals surface area contributed by atoms with Crippen molar-refractivity contribution in [3.05, 3.63) is 29.3 Å². The van der Waals surface area contributed by atoms with Crippen LogP contribution in [0.1, 0.15) is 25.3 Å². The first-order valence-corrected chi connectivity index (χ1v) is 6.28. The van der Waals surface area contributed by atoms with Crippen LogP contribution in [0, 0.1) is 17.6 Å². The molecule has 6 heteroatoms. The Morgan fingerprint density at radius 2 is 2.00 bits per heavy atom. The summed E-state index contributed by atoms with van der Waals surface area (Å²) in [6.07, 6.45) is -1.21. The molecule has 0 amide bonds. The maximum absolute atomic E-state index is 13.5. The minimum absolute atomic E-state index is 0.149. The van der Waals surface area contributed by atoms with Crippen molar-refractivity contribution in [2.75, 3.05) is 7.11 Å². The quantitative estimate of drug-likeness (QED) is 0.848. The standard InChI is InChI=1S/C14H16F2O4/c1-6-7(2)20-13(14(18)19-3)10(6)8-4-5-9(15)11(16)12(8)17/h4-7,10,13,17H,1-3H3/t6-,7-,10+,13?/m1/s1. The molecule has 1 aromatic rings. The summed E-state index contributed by atoms with van der Waals surface area (Å²) in [5.41, 5.74) is 0.149. The van der Waals surface area contributed by atoms with E-state index >= 15 is 0 Å². The molecule has 1 fully saturated rings. The summed E-state index contributed by atoms with van der Waals surface area (Å²) in [6.45, 7) is 3.59. The fourth-order valence-corrected chi connectivity index (χ4v) is 2.60. The van der Waals surface area contributed by atoms with Gasteiger partial charge in [-0.2, -0.15) is 4.39 Å². The highest BCUT2D eigenvalue weighted by atomic mass is 19.2. The van der Waals surface area contributed by atoms with Crippen LogP contribution in [-0.4, -0.2) is 30.4 Å². The molecule has 0 aromatic heterocycles. The average Bonchev–Trinajstić information content (AvgIpc) is 2.72. The molecule has 1 N–H and O–H groups in total. The van der Waals surface area contributed by atoms with E-state index in [1.807, 2.05) is 6.92 Å². The number of rotatable bonds is 2. The Bertz CT molecular complexity index is 532. The zero-order chi connectivity index (χ0) is 15.0. The van der Waals surface area contributed by atoms with Crippen LogP contribution in [0.15, 0.2) is 12.1 Å². The minimum Gasteiger partial charge on any atom is -0.505 e. The number of hydrogen-bond donors (Lipinski definition) is 1. The molecule has 1 unspecified atom stereocenters. The fraction of sp³-hybridized carbons (Fsp3) is 0.500. The van der Waals surface area contributed by atoms with Gasteiger partial charge in [0.25, 0.3) is 0 Å². The average molecular weight is 286 g/mol. The van der Waals surface area contributed by atoms with Gasteiger partial charge >= 0.3 is 5.97 Å². The highest BCUT2D eigenvalue weighted by Gasteiger charge is 2.46. The van der Waals surface area contributed by atoms with E-state index in [1.54, 1.807) is 6.92 Å². The van der Waals surface area contributed by atoms with Crippen molar-refractivity contribution in [2.24, 2.45) is 5.92 Å². The van der Waals surface area contributed by atoms with Crippen molar-refractivity contribution < 1.29 is 28.2 Å².